The van der Waals surface area contributed by atoms with Crippen molar-refractivity contribution >= 4 is 0 Å². The Hall–Kier alpha value is -1.85. The third-order valence-corrected chi connectivity index (χ3v) is 2.43. The predicted octanol–water partition coefficient (Wildman–Crippen LogP) is 1.48. The van der Waals surface area contributed by atoms with Crippen LogP contribution in [0.5, 0.6) is 5.75 Å². The maximum Gasteiger partial charge on any atom is 0.164 e. The maximum absolute atomic E-state index is 5.61. The Kier molecular flexibility index (Phi) is 3.74. The van der Waals surface area contributed by atoms with Gasteiger partial charge in [0.25, 0.3) is 0 Å². The topological polar surface area (TPSA) is 57.8 Å². The van der Waals surface area contributed by atoms with Gasteiger partial charge >= 0.3 is 0 Å². The molecule has 0 saturated carbocycles. The summed E-state index contributed by atoms with van der Waals surface area (Å²) in [4.78, 5) is 4.14. The lowest BCUT2D eigenvalue weighted by molar-refractivity contribution is 0.287. The first-order valence-corrected chi connectivity index (χ1v) is 5.85. The second-order valence-electron chi connectivity index (χ2n) is 3.72. The van der Waals surface area contributed by atoms with E-state index < -0.39 is 0 Å². The molecule has 0 aliphatic heterocycles. The largest absolute Gasteiger partial charge is 0.482 e. The number of hydrogen-bond donors (Lipinski definition) is 0. The van der Waals surface area contributed by atoms with Crippen molar-refractivity contribution < 1.29 is 4.74 Å². The van der Waals surface area contributed by atoms with Crippen LogP contribution < -0.4 is 4.74 Å². The Labute approximate surface area is 100 Å². The van der Waals surface area contributed by atoms with E-state index in [9.17, 15) is 0 Å². The summed E-state index contributed by atoms with van der Waals surface area (Å²) in [5, 5.41) is 8.28. The lowest BCUT2D eigenvalue weighted by Gasteiger charge is -2.03. The average Bonchev–Trinajstić information content (AvgIpc) is 2.95. The Balaban J connectivity index is 1.93. The Morgan fingerprint density at radius 3 is 2.94 bits per heavy atom. The molecule has 2 aromatic rings. The summed E-state index contributed by atoms with van der Waals surface area (Å²) in [6.45, 7) is 6.28. The second-order valence-corrected chi connectivity index (χ2v) is 3.72. The van der Waals surface area contributed by atoms with E-state index in [0.29, 0.717) is 6.61 Å². The molecular weight excluding hydrogens is 218 g/mol. The molecule has 2 rings (SSSR count). The molecule has 0 bridgehead atoms. The van der Waals surface area contributed by atoms with E-state index in [1.54, 1.807) is 12.5 Å². The molecule has 2 aromatic heterocycles. The highest BCUT2D eigenvalue weighted by Crippen LogP contribution is 2.10. The fourth-order valence-corrected chi connectivity index (χ4v) is 1.58. The first-order chi connectivity index (χ1) is 8.33. The third-order valence-electron chi connectivity index (χ3n) is 2.43. The minimum Gasteiger partial charge on any atom is -0.482 e. The first kappa shape index (κ1) is 11.6. The Morgan fingerprint density at radius 1 is 1.29 bits per heavy atom. The zero-order chi connectivity index (χ0) is 12.1. The van der Waals surface area contributed by atoms with Gasteiger partial charge in [0.05, 0.1) is 12.4 Å². The summed E-state index contributed by atoms with van der Waals surface area (Å²) in [5.41, 5.74) is 0. The smallest absolute Gasteiger partial charge is 0.164 e. The molecule has 17 heavy (non-hydrogen) atoms. The van der Waals surface area contributed by atoms with Crippen molar-refractivity contribution in [3.05, 3.63) is 24.5 Å². The van der Waals surface area contributed by atoms with Crippen LogP contribution in [0.4, 0.5) is 0 Å². The first-order valence-electron chi connectivity index (χ1n) is 5.85. The van der Waals surface area contributed by atoms with Gasteiger partial charge in [0.15, 0.2) is 11.6 Å². The van der Waals surface area contributed by atoms with Gasteiger partial charge in [-0.15, -0.1) is 0 Å². The molecule has 92 valence electrons. The van der Waals surface area contributed by atoms with E-state index >= 15 is 0 Å². The van der Waals surface area contributed by atoms with Crippen LogP contribution in [0.15, 0.2) is 18.7 Å². The van der Waals surface area contributed by atoms with E-state index in [0.717, 1.165) is 31.1 Å². The van der Waals surface area contributed by atoms with Crippen LogP contribution in [0.25, 0.3) is 0 Å². The molecule has 0 aromatic carbocycles. The van der Waals surface area contributed by atoms with Crippen LogP contribution in [0.3, 0.4) is 0 Å². The van der Waals surface area contributed by atoms with Gasteiger partial charge in [-0.1, -0.05) is 6.92 Å². The van der Waals surface area contributed by atoms with Crippen LogP contribution >= 0.6 is 0 Å². The zero-order valence-electron chi connectivity index (χ0n) is 10.2. The maximum atomic E-state index is 5.61. The SMILES string of the molecule is CCCn1cc(OCc2ncnn2CC)cn1. The van der Waals surface area contributed by atoms with E-state index in [1.165, 1.54) is 0 Å². The molecule has 6 heteroatoms. The van der Waals surface area contributed by atoms with Gasteiger partial charge in [-0.05, 0) is 13.3 Å². The lowest BCUT2D eigenvalue weighted by atomic mass is 10.5. The van der Waals surface area contributed by atoms with Gasteiger partial charge in [0.2, 0.25) is 0 Å². The highest BCUT2D eigenvalue weighted by molar-refractivity contribution is 5.11. The van der Waals surface area contributed by atoms with Crippen LogP contribution in [0, 0.1) is 0 Å². The molecule has 0 radical (unpaired) electrons. The monoisotopic (exact) mass is 235 g/mol. The number of aromatic nitrogens is 5. The normalized spacial score (nSPS) is 10.7. The van der Waals surface area contributed by atoms with Crippen LogP contribution in [-0.2, 0) is 19.7 Å². The van der Waals surface area contributed by atoms with Crippen LogP contribution in [0.1, 0.15) is 26.1 Å². The van der Waals surface area contributed by atoms with Crippen LogP contribution in [0.2, 0.25) is 0 Å². The minimum atomic E-state index is 0.422. The summed E-state index contributed by atoms with van der Waals surface area (Å²) in [7, 11) is 0. The molecule has 0 N–H and O–H groups in total. The molecule has 0 atom stereocenters. The van der Waals surface area contributed by atoms with Crippen molar-refractivity contribution in [1.82, 2.24) is 24.5 Å². The summed E-state index contributed by atoms with van der Waals surface area (Å²) < 4.78 is 9.30. The summed E-state index contributed by atoms with van der Waals surface area (Å²) in [5.74, 6) is 1.60. The average molecular weight is 235 g/mol. The number of hydrogen-bond acceptors (Lipinski definition) is 4. The number of aryl methyl sites for hydroxylation is 2. The quantitative estimate of drug-likeness (QED) is 0.761. The predicted molar refractivity (Wildman–Crippen MR) is 62.5 cm³/mol. The van der Waals surface area contributed by atoms with Gasteiger partial charge in [-0.3, -0.25) is 4.68 Å². The van der Waals surface area contributed by atoms with E-state index in [1.807, 2.05) is 22.5 Å². The van der Waals surface area contributed by atoms with Gasteiger partial charge in [-0.2, -0.15) is 10.2 Å². The fraction of sp³-hybridized carbons (Fsp3) is 0.545. The Bertz CT molecular complexity index is 462. The number of nitrogens with zero attached hydrogens (tertiary/aromatic N) is 5. The van der Waals surface area contributed by atoms with Gasteiger partial charge in [0.1, 0.15) is 12.9 Å². The van der Waals surface area contributed by atoms with E-state index in [-0.39, 0.29) is 0 Å². The lowest BCUT2D eigenvalue weighted by Crippen LogP contribution is -2.07. The van der Waals surface area contributed by atoms with Crippen LogP contribution in [-0.4, -0.2) is 24.5 Å². The van der Waals surface area contributed by atoms with E-state index in [4.69, 9.17) is 4.74 Å². The van der Waals surface area contributed by atoms with Gasteiger partial charge in [0, 0.05) is 13.1 Å². The van der Waals surface area contributed by atoms with Crippen molar-refractivity contribution in [2.45, 2.75) is 40.0 Å². The summed E-state index contributed by atoms with van der Waals surface area (Å²) in [6.07, 6.45) is 6.23. The zero-order valence-corrected chi connectivity index (χ0v) is 10.2. The number of rotatable bonds is 6. The third kappa shape index (κ3) is 2.83. The van der Waals surface area contributed by atoms with Gasteiger partial charge in [-0.25, -0.2) is 9.67 Å². The number of ether oxygens (including phenoxy) is 1. The molecule has 0 spiro atoms. The molecule has 0 aliphatic carbocycles. The molecule has 0 amide bonds. The summed E-state index contributed by atoms with van der Waals surface area (Å²) >= 11 is 0. The Morgan fingerprint density at radius 2 is 2.18 bits per heavy atom. The van der Waals surface area contributed by atoms with Crippen molar-refractivity contribution in [3.63, 3.8) is 0 Å². The highest BCUT2D eigenvalue weighted by atomic mass is 16.5. The van der Waals surface area contributed by atoms with Crippen molar-refractivity contribution in [3.8, 4) is 5.75 Å². The molecule has 6 nitrogen and oxygen atoms in total. The molecular formula is C11H17N5O. The molecule has 0 unspecified atom stereocenters. The molecule has 0 aliphatic rings. The highest BCUT2D eigenvalue weighted by Gasteiger charge is 2.04. The minimum absolute atomic E-state index is 0.422. The standard InChI is InChI=1S/C11H17N5O/c1-3-5-15-7-10(6-13-15)17-8-11-12-9-14-16(11)4-2/h6-7,9H,3-5,8H2,1-2H3. The van der Waals surface area contributed by atoms with Gasteiger partial charge < -0.3 is 4.74 Å². The molecule has 2 heterocycles. The van der Waals surface area contributed by atoms with E-state index in [2.05, 4.69) is 22.1 Å². The fourth-order valence-electron chi connectivity index (χ4n) is 1.58. The molecule has 0 fully saturated rings. The molecule has 0 saturated heterocycles. The van der Waals surface area contributed by atoms with Crippen molar-refractivity contribution in [2.24, 2.45) is 0 Å². The van der Waals surface area contributed by atoms with Crippen molar-refractivity contribution in [1.29, 1.82) is 0 Å². The van der Waals surface area contributed by atoms with Crippen molar-refractivity contribution in [2.75, 3.05) is 0 Å². The second kappa shape index (κ2) is 5.47. The summed E-state index contributed by atoms with van der Waals surface area (Å²) in [6, 6.07) is 0.